The normalized spacial score (nSPS) is 19.8. The topological polar surface area (TPSA) is 498 Å². The average molecular weight is 1040 g/mol. The molecule has 0 saturated carbocycles. The van der Waals surface area contributed by atoms with E-state index in [-0.39, 0.29) is 49.7 Å². The fourth-order valence-corrected chi connectivity index (χ4v) is 8.38. The van der Waals surface area contributed by atoms with Crippen molar-refractivity contribution < 1.29 is 78.0 Å². The van der Waals surface area contributed by atoms with Crippen molar-refractivity contribution in [3.63, 3.8) is 0 Å². The van der Waals surface area contributed by atoms with Gasteiger partial charge < -0.3 is 85.9 Å². The van der Waals surface area contributed by atoms with Crippen LogP contribution in [0.25, 0.3) is 0 Å². The molecule has 20 N–H and O–H groups in total. The largest absolute Gasteiger partial charge is 0.481 e. The van der Waals surface area contributed by atoms with Gasteiger partial charge in [-0.2, -0.15) is 0 Å². The summed E-state index contributed by atoms with van der Waals surface area (Å²) in [6.45, 7) is 2.86. The first-order valence-corrected chi connectivity index (χ1v) is 24.4. The van der Waals surface area contributed by atoms with Crippen LogP contribution in [0.3, 0.4) is 0 Å². The molecule has 0 aromatic heterocycles. The fourth-order valence-electron chi connectivity index (χ4n) is 6.06. The number of nitrogens with one attached hydrogen (secondary N) is 8. The van der Waals surface area contributed by atoms with Crippen LogP contribution in [0.1, 0.15) is 84.5 Å². The summed E-state index contributed by atoms with van der Waals surface area (Å²) in [4.78, 5) is 157. The molecule has 0 aliphatic carbocycles. The third-order valence-corrected chi connectivity index (χ3v) is 12.5. The molecule has 1 aliphatic heterocycles. The first-order valence-electron chi connectivity index (χ1n) is 21.9. The van der Waals surface area contributed by atoms with Crippen LogP contribution in [0, 0.1) is 0 Å². The van der Waals surface area contributed by atoms with Crippen LogP contribution < -0.4 is 65.5 Å². The van der Waals surface area contributed by atoms with Crippen molar-refractivity contribution in [2.45, 2.75) is 139 Å². The van der Waals surface area contributed by atoms with Crippen LogP contribution in [-0.4, -0.2) is 176 Å². The van der Waals surface area contributed by atoms with Gasteiger partial charge >= 0.3 is 23.9 Å². The highest BCUT2D eigenvalue weighted by Crippen LogP contribution is 2.24. The van der Waals surface area contributed by atoms with Gasteiger partial charge in [0.25, 0.3) is 0 Å². The summed E-state index contributed by atoms with van der Waals surface area (Å²) in [5.74, 6) is -14.2. The molecular weight excluding hydrogens is 971 g/mol. The van der Waals surface area contributed by atoms with E-state index in [0.29, 0.717) is 19.4 Å². The van der Waals surface area contributed by atoms with E-state index in [1.54, 1.807) is 0 Å². The number of amides is 8. The lowest BCUT2D eigenvalue weighted by molar-refractivity contribution is -0.144. The van der Waals surface area contributed by atoms with Crippen LogP contribution in [-0.2, 0) is 57.5 Å². The zero-order valence-corrected chi connectivity index (χ0v) is 40.2. The summed E-state index contributed by atoms with van der Waals surface area (Å²) in [5.41, 5.74) is 22.2. The summed E-state index contributed by atoms with van der Waals surface area (Å²) in [7, 11) is 1.76. The number of aliphatic carboxylic acids is 4. The van der Waals surface area contributed by atoms with Crippen LogP contribution in [0.5, 0.6) is 0 Å². The Morgan fingerprint density at radius 1 is 0.671 bits per heavy atom. The lowest BCUT2D eigenvalue weighted by Gasteiger charge is -2.28. The molecule has 0 aromatic carbocycles. The molecule has 8 amide bonds. The van der Waals surface area contributed by atoms with Gasteiger partial charge in [-0.05, 0) is 65.3 Å². The standard InChI is InChI=1S/C39H65N13O16S2/c1-18-30(59)47-21(7-5-15-44-39(42)43)34(63)52-26(37(66)49-23(9-12-28(55)56)35(64)50-24(38(67)68)10-13-29(57)58)17-70-69-16-25(36(65)46-18)51-31(60)19(2)45-33(62)22(8-11-27(53)54)48-32(61)20(41)6-3-4-14-40/h18-26H,3-17,40-41H2,1-2H3,(H,45,62)(H,46,65)(H,47,59)(H,48,61)(H,49,66)(H,50,64)(H,51,60)(H,52,63)(H,53,54)(H,55,56)(H,57,58)(H,67,68)(H4,42,43,44)/t18-,19-,20-,21-,22-,23-,24-,25-,26-/m1/s1. The summed E-state index contributed by atoms with van der Waals surface area (Å²) < 4.78 is 0. The van der Waals surface area contributed by atoms with E-state index in [9.17, 15) is 72.9 Å². The third-order valence-electron chi connectivity index (χ3n) is 10.0. The van der Waals surface area contributed by atoms with Gasteiger partial charge in [-0.1, -0.05) is 28.0 Å². The molecule has 1 fully saturated rings. The first kappa shape index (κ1) is 61.5. The summed E-state index contributed by atoms with van der Waals surface area (Å²) >= 11 is 0. The van der Waals surface area contributed by atoms with Gasteiger partial charge in [0.05, 0.1) is 6.04 Å². The van der Waals surface area contributed by atoms with Crippen molar-refractivity contribution >= 4 is 98.7 Å². The van der Waals surface area contributed by atoms with E-state index in [1.165, 1.54) is 13.8 Å². The fraction of sp³-hybridized carbons (Fsp3) is 0.667. The molecule has 1 saturated heterocycles. The van der Waals surface area contributed by atoms with Crippen molar-refractivity contribution in [3.8, 4) is 0 Å². The maximum Gasteiger partial charge on any atom is 0.326 e. The Morgan fingerprint density at radius 2 is 1.21 bits per heavy atom. The molecule has 9 atom stereocenters. The van der Waals surface area contributed by atoms with Crippen LogP contribution >= 0.6 is 21.6 Å². The second-order valence-corrected chi connectivity index (χ2v) is 18.4. The average Bonchev–Trinajstić information content (AvgIpc) is 3.27. The molecule has 1 rings (SSSR count). The number of guanidine groups is 1. The van der Waals surface area contributed by atoms with E-state index in [2.05, 4.69) is 47.5 Å². The van der Waals surface area contributed by atoms with Gasteiger partial charge in [-0.25, -0.2) is 4.79 Å². The van der Waals surface area contributed by atoms with E-state index < -0.39 is 158 Å². The monoisotopic (exact) mass is 1040 g/mol. The number of rotatable bonds is 28. The van der Waals surface area contributed by atoms with E-state index in [1.807, 2.05) is 0 Å². The molecule has 29 nitrogen and oxygen atoms in total. The zero-order valence-electron chi connectivity index (χ0n) is 38.6. The van der Waals surface area contributed by atoms with Crippen molar-refractivity contribution in [2.24, 2.45) is 27.9 Å². The van der Waals surface area contributed by atoms with E-state index in [4.69, 9.17) is 28.0 Å². The highest BCUT2D eigenvalue weighted by Gasteiger charge is 2.35. The van der Waals surface area contributed by atoms with Gasteiger partial charge in [-0.15, -0.1) is 0 Å². The minimum absolute atomic E-state index is 0.00345. The Bertz CT molecular complexity index is 1910. The highest BCUT2D eigenvalue weighted by atomic mass is 33.1. The Balaban J connectivity index is 3.48. The number of hydrogen-bond donors (Lipinski definition) is 16. The second kappa shape index (κ2) is 32.4. The molecular formula is C39H65N13O16S2. The van der Waals surface area contributed by atoms with Gasteiger partial charge in [-0.3, -0.25) is 57.7 Å². The third kappa shape index (κ3) is 24.7. The SMILES string of the molecule is C[C@@H](NC(=O)[C@@H](CCC(=O)O)NC(=O)[C@H](N)CCCCN)C(=O)N[C@@H]1CSSC[C@H](C(=O)N[C@H](CCC(=O)O)C(=O)N[C@H](CCC(=O)O)C(=O)O)NC(=O)[C@@H](CCCN=C(N)N)NC(=O)[C@@H](C)NC1=O. The number of carboxylic acid groups (broad SMARTS) is 4. The summed E-state index contributed by atoms with van der Waals surface area (Å²) in [5, 5.41) is 56.3. The predicted molar refractivity (Wildman–Crippen MR) is 251 cm³/mol. The predicted octanol–water partition coefficient (Wildman–Crippen LogP) is -5.51. The van der Waals surface area contributed by atoms with Crippen LogP contribution in [0.2, 0.25) is 0 Å². The number of aliphatic imine (C=N–C) groups is 1. The van der Waals surface area contributed by atoms with Crippen molar-refractivity contribution in [2.75, 3.05) is 24.6 Å². The van der Waals surface area contributed by atoms with Gasteiger partial charge in [0.15, 0.2) is 5.96 Å². The minimum Gasteiger partial charge on any atom is -0.481 e. The second-order valence-electron chi connectivity index (χ2n) is 15.9. The lowest BCUT2D eigenvalue weighted by Crippen LogP contribution is -2.60. The van der Waals surface area contributed by atoms with Gasteiger partial charge in [0.1, 0.15) is 48.3 Å². The quantitative estimate of drug-likeness (QED) is 0.0150. The van der Waals surface area contributed by atoms with E-state index in [0.717, 1.165) is 21.6 Å². The number of hydrogen-bond acceptors (Lipinski definition) is 17. The zero-order chi connectivity index (χ0) is 53.1. The summed E-state index contributed by atoms with van der Waals surface area (Å²) in [6.07, 6.45) is -2.16. The Labute approximate surface area is 409 Å². The smallest absolute Gasteiger partial charge is 0.326 e. The molecule has 70 heavy (non-hydrogen) atoms. The Hall–Kier alpha value is -6.47. The lowest BCUT2D eigenvalue weighted by atomic mass is 10.1. The Morgan fingerprint density at radius 3 is 1.77 bits per heavy atom. The van der Waals surface area contributed by atoms with Crippen molar-refractivity contribution in [1.29, 1.82) is 0 Å². The van der Waals surface area contributed by atoms with Crippen LogP contribution in [0.15, 0.2) is 4.99 Å². The number of nitrogens with two attached hydrogens (primary N) is 4. The number of carboxylic acids is 4. The minimum atomic E-state index is -1.75. The van der Waals surface area contributed by atoms with Gasteiger partial charge in [0.2, 0.25) is 47.3 Å². The maximum absolute atomic E-state index is 13.9. The van der Waals surface area contributed by atoms with Crippen molar-refractivity contribution in [3.05, 3.63) is 0 Å². The molecule has 0 unspecified atom stereocenters. The molecule has 0 radical (unpaired) electrons. The highest BCUT2D eigenvalue weighted by molar-refractivity contribution is 8.76. The number of carbonyl (C=O) groups excluding carboxylic acids is 8. The number of carbonyl (C=O) groups is 12. The molecule has 1 aliphatic rings. The van der Waals surface area contributed by atoms with E-state index >= 15 is 0 Å². The molecule has 0 aromatic rings. The molecule has 31 heteroatoms. The summed E-state index contributed by atoms with van der Waals surface area (Å²) in [6, 6.07) is -13.2. The molecule has 1 heterocycles. The number of nitrogens with zero attached hydrogens (tertiary/aromatic N) is 1. The van der Waals surface area contributed by atoms with Crippen LogP contribution in [0.4, 0.5) is 0 Å². The van der Waals surface area contributed by atoms with Gasteiger partial charge in [0, 0.05) is 37.3 Å². The Kier molecular flexibility index (Phi) is 28.5. The van der Waals surface area contributed by atoms with Crippen molar-refractivity contribution in [1.82, 2.24) is 42.5 Å². The molecule has 0 bridgehead atoms. The molecule has 394 valence electrons. The number of unbranched alkanes of at least 4 members (excludes halogenated alkanes) is 1. The maximum atomic E-state index is 13.9. The molecule has 0 spiro atoms. The first-order chi connectivity index (χ1) is 32.9.